The maximum Gasteiger partial charge on any atom is 0.227 e. The van der Waals surface area contributed by atoms with E-state index in [0.717, 1.165) is 49.3 Å². The molecule has 2 amide bonds. The van der Waals surface area contributed by atoms with Crippen LogP contribution in [-0.2, 0) is 29.1 Å². The first-order valence-corrected chi connectivity index (χ1v) is 14.3. The van der Waals surface area contributed by atoms with Crippen LogP contribution in [0.3, 0.4) is 0 Å². The first-order chi connectivity index (χ1) is 19.5. The summed E-state index contributed by atoms with van der Waals surface area (Å²) >= 11 is 6.41. The van der Waals surface area contributed by atoms with Crippen molar-refractivity contribution >= 4 is 29.1 Å². The molecule has 7 nitrogen and oxygen atoms in total. The summed E-state index contributed by atoms with van der Waals surface area (Å²) in [4.78, 5) is 32.7. The van der Waals surface area contributed by atoms with Gasteiger partial charge in [0.2, 0.25) is 11.8 Å². The van der Waals surface area contributed by atoms with Gasteiger partial charge in [-0.3, -0.25) is 14.5 Å². The van der Waals surface area contributed by atoms with E-state index >= 15 is 0 Å². The van der Waals surface area contributed by atoms with Crippen LogP contribution in [0.15, 0.2) is 66.7 Å². The van der Waals surface area contributed by atoms with Crippen LogP contribution in [0.5, 0.6) is 11.5 Å². The third-order valence-corrected chi connectivity index (χ3v) is 7.62. The lowest BCUT2D eigenvalue weighted by Gasteiger charge is -2.28. The number of hydrogen-bond donors (Lipinski definition) is 0. The fourth-order valence-electron chi connectivity index (χ4n) is 5.32. The Morgan fingerprint density at radius 1 is 0.825 bits per heavy atom. The van der Waals surface area contributed by atoms with Gasteiger partial charge in [0.05, 0.1) is 19.6 Å². The van der Waals surface area contributed by atoms with Crippen LogP contribution in [0.1, 0.15) is 36.5 Å². The number of ether oxygens (including phenoxy) is 2. The minimum Gasteiger partial charge on any atom is -0.490 e. The molecule has 40 heavy (non-hydrogen) atoms. The summed E-state index contributed by atoms with van der Waals surface area (Å²) in [7, 11) is 0. The standard InChI is InChI=1S/C32H36ClN3O4/c1-24(37)36-14-5-13-34(22-25-7-3-2-4-8-25)15-16-35(23-27-21-28(33)10-11-29(27)36)32(38)20-26-9-12-30-31(19-26)40-18-6-17-39-30/h2-4,7-12,19,21H,5-6,13-18,20,22-23H2,1H3. The van der Waals surface area contributed by atoms with Crippen molar-refractivity contribution in [1.82, 2.24) is 9.80 Å². The molecule has 2 heterocycles. The maximum absolute atomic E-state index is 13.8. The molecule has 0 atom stereocenters. The molecule has 2 aliphatic heterocycles. The zero-order chi connectivity index (χ0) is 27.9. The Kier molecular flexibility index (Phi) is 9.24. The van der Waals surface area contributed by atoms with Crippen molar-refractivity contribution in [3.63, 3.8) is 0 Å². The van der Waals surface area contributed by atoms with Crippen molar-refractivity contribution in [3.8, 4) is 11.5 Å². The molecular weight excluding hydrogens is 526 g/mol. The lowest BCUT2D eigenvalue weighted by atomic mass is 10.1. The lowest BCUT2D eigenvalue weighted by molar-refractivity contribution is -0.131. The quantitative estimate of drug-likeness (QED) is 0.431. The first-order valence-electron chi connectivity index (χ1n) is 14.0. The van der Waals surface area contributed by atoms with E-state index in [4.69, 9.17) is 21.1 Å². The van der Waals surface area contributed by atoms with Crippen LogP contribution in [0, 0.1) is 0 Å². The van der Waals surface area contributed by atoms with Crippen molar-refractivity contribution in [2.75, 3.05) is 44.3 Å². The van der Waals surface area contributed by atoms with Gasteiger partial charge in [-0.05, 0) is 53.4 Å². The number of halogens is 1. The summed E-state index contributed by atoms with van der Waals surface area (Å²) in [5.74, 6) is 1.38. The predicted octanol–water partition coefficient (Wildman–Crippen LogP) is 5.33. The third-order valence-electron chi connectivity index (χ3n) is 7.38. The Morgan fingerprint density at radius 2 is 1.62 bits per heavy atom. The van der Waals surface area contributed by atoms with E-state index in [2.05, 4.69) is 17.0 Å². The van der Waals surface area contributed by atoms with Crippen molar-refractivity contribution in [3.05, 3.63) is 88.4 Å². The van der Waals surface area contributed by atoms with Gasteiger partial charge in [0, 0.05) is 63.3 Å². The average Bonchev–Trinajstić information content (AvgIpc) is 3.20. The molecule has 210 valence electrons. The van der Waals surface area contributed by atoms with Gasteiger partial charge in [-0.1, -0.05) is 48.0 Å². The third kappa shape index (κ3) is 7.14. The van der Waals surface area contributed by atoms with E-state index in [0.29, 0.717) is 49.4 Å². The molecule has 0 aromatic heterocycles. The molecule has 0 bridgehead atoms. The van der Waals surface area contributed by atoms with Gasteiger partial charge in [0.1, 0.15) is 0 Å². The van der Waals surface area contributed by atoms with Crippen LogP contribution in [0.2, 0.25) is 5.02 Å². The first kappa shape index (κ1) is 28.0. The number of fused-ring (bicyclic) bond motifs is 2. The number of anilines is 1. The Bertz CT molecular complexity index is 1330. The molecule has 5 rings (SSSR count). The summed E-state index contributed by atoms with van der Waals surface area (Å²) in [6, 6.07) is 21.7. The molecule has 0 N–H and O–H groups in total. The topological polar surface area (TPSA) is 62.3 Å². The van der Waals surface area contributed by atoms with Gasteiger partial charge in [-0.2, -0.15) is 0 Å². The number of amides is 2. The molecule has 0 aliphatic carbocycles. The van der Waals surface area contributed by atoms with Gasteiger partial charge in [0.15, 0.2) is 11.5 Å². The summed E-state index contributed by atoms with van der Waals surface area (Å²) in [5.41, 5.74) is 3.77. The van der Waals surface area contributed by atoms with Crippen LogP contribution in [0.4, 0.5) is 5.69 Å². The maximum atomic E-state index is 13.8. The largest absolute Gasteiger partial charge is 0.490 e. The highest BCUT2D eigenvalue weighted by Crippen LogP contribution is 2.31. The number of benzene rings is 3. The summed E-state index contributed by atoms with van der Waals surface area (Å²) in [6.07, 6.45) is 1.89. The summed E-state index contributed by atoms with van der Waals surface area (Å²) in [5, 5.41) is 0.582. The smallest absolute Gasteiger partial charge is 0.227 e. The second kappa shape index (κ2) is 13.2. The van der Waals surface area contributed by atoms with Gasteiger partial charge < -0.3 is 19.3 Å². The highest BCUT2D eigenvalue weighted by Gasteiger charge is 2.23. The number of rotatable bonds is 4. The number of carbonyl (C=O) groups excluding carboxylic acids is 2. The molecule has 3 aromatic carbocycles. The van der Waals surface area contributed by atoms with Crippen LogP contribution in [-0.4, -0.2) is 61.0 Å². The van der Waals surface area contributed by atoms with Crippen molar-refractivity contribution < 1.29 is 19.1 Å². The highest BCUT2D eigenvalue weighted by molar-refractivity contribution is 6.30. The van der Waals surface area contributed by atoms with Gasteiger partial charge >= 0.3 is 0 Å². The van der Waals surface area contributed by atoms with Crippen LogP contribution in [0.25, 0.3) is 0 Å². The predicted molar refractivity (Wildman–Crippen MR) is 157 cm³/mol. The van der Waals surface area contributed by atoms with E-state index in [9.17, 15) is 9.59 Å². The zero-order valence-corrected chi connectivity index (χ0v) is 23.7. The SMILES string of the molecule is CC(=O)N1CCCN(Cc2ccccc2)CCN(C(=O)Cc2ccc3c(c2)OCCCO3)Cc2cc(Cl)ccc21. The molecule has 0 saturated carbocycles. The number of hydrogen-bond acceptors (Lipinski definition) is 5. The molecular formula is C32H36ClN3O4. The minimum atomic E-state index is -0.0255. The summed E-state index contributed by atoms with van der Waals surface area (Å²) in [6.45, 7) is 6.64. The summed E-state index contributed by atoms with van der Waals surface area (Å²) < 4.78 is 11.6. The molecule has 0 spiro atoms. The van der Waals surface area contributed by atoms with Crippen molar-refractivity contribution in [2.45, 2.75) is 39.3 Å². The highest BCUT2D eigenvalue weighted by atomic mass is 35.5. The van der Waals surface area contributed by atoms with Gasteiger partial charge in [-0.15, -0.1) is 0 Å². The van der Waals surface area contributed by atoms with E-state index in [1.165, 1.54) is 5.56 Å². The normalized spacial score (nSPS) is 16.4. The number of carbonyl (C=O) groups is 2. The lowest BCUT2D eigenvalue weighted by Crippen LogP contribution is -2.39. The monoisotopic (exact) mass is 561 g/mol. The second-order valence-electron chi connectivity index (χ2n) is 10.4. The average molecular weight is 562 g/mol. The van der Waals surface area contributed by atoms with Crippen molar-refractivity contribution in [2.24, 2.45) is 0 Å². The van der Waals surface area contributed by atoms with E-state index in [1.807, 2.05) is 64.4 Å². The van der Waals surface area contributed by atoms with Crippen molar-refractivity contribution in [1.29, 1.82) is 0 Å². The Morgan fingerprint density at radius 3 is 2.42 bits per heavy atom. The fraction of sp³-hybridized carbons (Fsp3) is 0.375. The van der Waals surface area contributed by atoms with Gasteiger partial charge in [0.25, 0.3) is 0 Å². The molecule has 8 heteroatoms. The second-order valence-corrected chi connectivity index (χ2v) is 10.8. The Hall–Kier alpha value is -3.55. The molecule has 2 aliphatic rings. The molecule has 0 radical (unpaired) electrons. The molecule has 0 saturated heterocycles. The van der Waals surface area contributed by atoms with Gasteiger partial charge in [-0.25, -0.2) is 0 Å². The zero-order valence-electron chi connectivity index (χ0n) is 23.0. The molecule has 3 aromatic rings. The Labute approximate surface area is 241 Å². The number of nitrogens with zero attached hydrogens (tertiary/aromatic N) is 3. The van der Waals surface area contributed by atoms with Crippen LogP contribution >= 0.6 is 11.6 Å². The van der Waals surface area contributed by atoms with E-state index < -0.39 is 0 Å². The Balaban J connectivity index is 1.42. The molecule has 0 unspecified atom stereocenters. The molecule has 0 fully saturated rings. The van der Waals surface area contributed by atoms with E-state index in [-0.39, 0.29) is 18.2 Å². The fourth-order valence-corrected chi connectivity index (χ4v) is 5.51. The minimum absolute atomic E-state index is 0.00805. The van der Waals surface area contributed by atoms with E-state index in [1.54, 1.807) is 6.92 Å². The van der Waals surface area contributed by atoms with Crippen LogP contribution < -0.4 is 14.4 Å².